The van der Waals surface area contributed by atoms with Crippen LogP contribution in [0.5, 0.6) is 0 Å². The van der Waals surface area contributed by atoms with Crippen molar-refractivity contribution in [2.75, 3.05) is 18.0 Å². The molecule has 1 saturated heterocycles. The number of carbonyl (C=O) groups excluding carboxylic acids is 1. The highest BCUT2D eigenvalue weighted by Crippen LogP contribution is 2.33. The van der Waals surface area contributed by atoms with Gasteiger partial charge in [0.1, 0.15) is 0 Å². The van der Waals surface area contributed by atoms with E-state index in [0.717, 1.165) is 24.3 Å². The van der Waals surface area contributed by atoms with E-state index in [4.69, 9.17) is 0 Å². The highest BCUT2D eigenvalue weighted by molar-refractivity contribution is 5.99. The number of hydrogen-bond acceptors (Lipinski definition) is 2. The molecule has 0 aromatic heterocycles. The highest BCUT2D eigenvalue weighted by atomic mass is 16.1. The smallest absolute Gasteiger partial charge is 0.161 e. The van der Waals surface area contributed by atoms with Crippen molar-refractivity contribution >= 4 is 11.5 Å². The zero-order valence-electron chi connectivity index (χ0n) is 11.0. The van der Waals surface area contributed by atoms with E-state index in [1.54, 1.807) is 6.92 Å². The van der Waals surface area contributed by atoms with Gasteiger partial charge < -0.3 is 4.90 Å². The second-order valence-corrected chi connectivity index (χ2v) is 5.09. The maximum atomic E-state index is 11.6. The quantitative estimate of drug-likeness (QED) is 0.778. The Balaban J connectivity index is 1.76. The van der Waals surface area contributed by atoms with Crippen molar-refractivity contribution in [1.29, 1.82) is 0 Å². The Morgan fingerprint density at radius 3 is 2.32 bits per heavy atom. The summed E-state index contributed by atoms with van der Waals surface area (Å²) in [6.45, 7) is 3.62. The van der Waals surface area contributed by atoms with Crippen LogP contribution in [0, 0.1) is 0 Å². The molecule has 0 aliphatic carbocycles. The molecule has 0 radical (unpaired) electrons. The molecule has 1 aliphatic rings. The lowest BCUT2D eigenvalue weighted by Gasteiger charge is -2.42. The standard InChI is InChI=1S/C17H17NO/c1-13(19)16-9-5-6-10-17(16)18-11-15(12-18)14-7-3-2-4-8-14/h2-10,15H,11-12H2,1H3. The molecule has 2 aromatic rings. The largest absolute Gasteiger partial charge is 0.370 e. The van der Waals surface area contributed by atoms with Crippen molar-refractivity contribution < 1.29 is 4.79 Å². The van der Waals surface area contributed by atoms with Crippen molar-refractivity contribution in [1.82, 2.24) is 0 Å². The Morgan fingerprint density at radius 2 is 1.63 bits per heavy atom. The van der Waals surface area contributed by atoms with Gasteiger partial charge in [-0.15, -0.1) is 0 Å². The van der Waals surface area contributed by atoms with Crippen LogP contribution in [0.25, 0.3) is 0 Å². The molecule has 1 aliphatic heterocycles. The lowest BCUT2D eigenvalue weighted by Crippen LogP contribution is -2.45. The van der Waals surface area contributed by atoms with E-state index in [1.165, 1.54) is 5.56 Å². The Hall–Kier alpha value is -2.09. The summed E-state index contributed by atoms with van der Waals surface area (Å²) in [6.07, 6.45) is 0. The molecule has 0 unspecified atom stereocenters. The molecule has 0 spiro atoms. The molecule has 0 saturated carbocycles. The minimum atomic E-state index is 0.138. The lowest BCUT2D eigenvalue weighted by atomic mass is 9.90. The number of anilines is 1. The Labute approximate surface area is 113 Å². The van der Waals surface area contributed by atoms with Gasteiger partial charge in [-0.25, -0.2) is 0 Å². The molecule has 96 valence electrons. The van der Waals surface area contributed by atoms with Crippen LogP contribution in [-0.4, -0.2) is 18.9 Å². The van der Waals surface area contributed by atoms with Gasteiger partial charge in [0.2, 0.25) is 0 Å². The third-order valence-electron chi connectivity index (χ3n) is 3.78. The van der Waals surface area contributed by atoms with Gasteiger partial charge in [0, 0.05) is 30.3 Å². The summed E-state index contributed by atoms with van der Waals surface area (Å²) in [4.78, 5) is 13.9. The molecule has 2 nitrogen and oxygen atoms in total. The van der Waals surface area contributed by atoms with E-state index in [1.807, 2.05) is 30.3 Å². The average Bonchev–Trinajstić information content (AvgIpc) is 2.39. The van der Waals surface area contributed by atoms with Gasteiger partial charge in [-0.3, -0.25) is 4.79 Å². The van der Waals surface area contributed by atoms with Crippen molar-refractivity contribution in [3.63, 3.8) is 0 Å². The summed E-state index contributed by atoms with van der Waals surface area (Å²) >= 11 is 0. The summed E-state index contributed by atoms with van der Waals surface area (Å²) in [5, 5.41) is 0. The van der Waals surface area contributed by atoms with Gasteiger partial charge in [-0.2, -0.15) is 0 Å². The first-order valence-electron chi connectivity index (χ1n) is 6.65. The summed E-state index contributed by atoms with van der Waals surface area (Å²) in [6, 6.07) is 18.4. The summed E-state index contributed by atoms with van der Waals surface area (Å²) < 4.78 is 0. The summed E-state index contributed by atoms with van der Waals surface area (Å²) in [7, 11) is 0. The number of ketones is 1. The van der Waals surface area contributed by atoms with E-state index in [-0.39, 0.29) is 5.78 Å². The topological polar surface area (TPSA) is 20.3 Å². The second kappa shape index (κ2) is 4.88. The minimum absolute atomic E-state index is 0.138. The molecular weight excluding hydrogens is 234 g/mol. The Morgan fingerprint density at radius 1 is 1.00 bits per heavy atom. The molecular formula is C17H17NO. The number of carbonyl (C=O) groups is 1. The van der Waals surface area contributed by atoms with Gasteiger partial charge in [0.15, 0.2) is 5.78 Å². The fourth-order valence-corrected chi connectivity index (χ4v) is 2.66. The predicted octanol–water partition coefficient (Wildman–Crippen LogP) is 3.49. The van der Waals surface area contributed by atoms with E-state index in [0.29, 0.717) is 5.92 Å². The fourth-order valence-electron chi connectivity index (χ4n) is 2.66. The van der Waals surface area contributed by atoms with Crippen LogP contribution in [0.4, 0.5) is 5.69 Å². The monoisotopic (exact) mass is 251 g/mol. The number of rotatable bonds is 3. The van der Waals surface area contributed by atoms with Gasteiger partial charge in [-0.1, -0.05) is 42.5 Å². The number of para-hydroxylation sites is 1. The van der Waals surface area contributed by atoms with Gasteiger partial charge in [0.25, 0.3) is 0 Å². The number of nitrogens with zero attached hydrogens (tertiary/aromatic N) is 1. The first-order chi connectivity index (χ1) is 9.25. The van der Waals surface area contributed by atoms with E-state index < -0.39 is 0 Å². The van der Waals surface area contributed by atoms with Crippen LogP contribution in [-0.2, 0) is 0 Å². The van der Waals surface area contributed by atoms with Gasteiger partial charge >= 0.3 is 0 Å². The zero-order chi connectivity index (χ0) is 13.2. The molecule has 0 amide bonds. The van der Waals surface area contributed by atoms with Crippen molar-refractivity contribution in [2.24, 2.45) is 0 Å². The maximum Gasteiger partial charge on any atom is 0.161 e. The molecule has 2 aromatic carbocycles. The van der Waals surface area contributed by atoms with Crippen molar-refractivity contribution in [3.8, 4) is 0 Å². The number of benzene rings is 2. The molecule has 0 atom stereocenters. The first-order valence-corrected chi connectivity index (χ1v) is 6.65. The number of hydrogen-bond donors (Lipinski definition) is 0. The molecule has 2 heteroatoms. The van der Waals surface area contributed by atoms with Crippen LogP contribution >= 0.6 is 0 Å². The third kappa shape index (κ3) is 2.26. The average molecular weight is 251 g/mol. The molecule has 0 bridgehead atoms. The SMILES string of the molecule is CC(=O)c1ccccc1N1CC(c2ccccc2)C1. The zero-order valence-corrected chi connectivity index (χ0v) is 11.0. The van der Waals surface area contributed by atoms with E-state index in [9.17, 15) is 4.79 Å². The Kier molecular flexibility index (Phi) is 3.08. The molecule has 1 heterocycles. The fraction of sp³-hybridized carbons (Fsp3) is 0.235. The molecule has 1 fully saturated rings. The van der Waals surface area contributed by atoms with E-state index in [2.05, 4.69) is 29.2 Å². The summed E-state index contributed by atoms with van der Waals surface area (Å²) in [5.41, 5.74) is 3.29. The van der Waals surface area contributed by atoms with Crippen LogP contribution in [0.1, 0.15) is 28.8 Å². The van der Waals surface area contributed by atoms with Gasteiger partial charge in [-0.05, 0) is 24.6 Å². The number of Topliss-reactive ketones (excluding diaryl/α,β-unsaturated/α-hetero) is 1. The summed E-state index contributed by atoms with van der Waals surface area (Å²) in [5.74, 6) is 0.722. The third-order valence-corrected chi connectivity index (χ3v) is 3.78. The van der Waals surface area contributed by atoms with Crippen LogP contribution in [0.3, 0.4) is 0 Å². The minimum Gasteiger partial charge on any atom is -0.370 e. The molecule has 3 rings (SSSR count). The molecule has 0 N–H and O–H groups in total. The maximum absolute atomic E-state index is 11.6. The second-order valence-electron chi connectivity index (χ2n) is 5.09. The predicted molar refractivity (Wildman–Crippen MR) is 77.8 cm³/mol. The normalized spacial score (nSPS) is 15.1. The Bertz CT molecular complexity index is 585. The van der Waals surface area contributed by atoms with Crippen molar-refractivity contribution in [2.45, 2.75) is 12.8 Å². The lowest BCUT2D eigenvalue weighted by molar-refractivity contribution is 0.101. The highest BCUT2D eigenvalue weighted by Gasteiger charge is 2.29. The molecule has 19 heavy (non-hydrogen) atoms. The first kappa shape index (κ1) is 12.0. The van der Waals surface area contributed by atoms with Crippen LogP contribution < -0.4 is 4.90 Å². The van der Waals surface area contributed by atoms with E-state index >= 15 is 0 Å². The van der Waals surface area contributed by atoms with Crippen LogP contribution in [0.2, 0.25) is 0 Å². The van der Waals surface area contributed by atoms with Gasteiger partial charge in [0.05, 0.1) is 0 Å². The van der Waals surface area contributed by atoms with Crippen LogP contribution in [0.15, 0.2) is 54.6 Å². The van der Waals surface area contributed by atoms with Crippen molar-refractivity contribution in [3.05, 3.63) is 65.7 Å².